The number of nitrogens with zero attached hydrogens (tertiary/aromatic N) is 2. The van der Waals surface area contributed by atoms with Gasteiger partial charge in [-0.1, -0.05) is 23.7 Å². The van der Waals surface area contributed by atoms with Crippen molar-refractivity contribution in [2.24, 2.45) is 4.99 Å². The first kappa shape index (κ1) is 21.2. The van der Waals surface area contributed by atoms with Crippen LogP contribution in [0.2, 0.25) is 5.02 Å². The first-order chi connectivity index (χ1) is 11.2. The normalized spacial score (nSPS) is 11.0. The summed E-state index contributed by atoms with van der Waals surface area (Å²) in [5.74, 6) is 0.815. The van der Waals surface area contributed by atoms with Crippen LogP contribution in [0.3, 0.4) is 0 Å². The lowest BCUT2D eigenvalue weighted by molar-refractivity contribution is 0.692. The monoisotopic (exact) mass is 478 g/mol. The van der Waals surface area contributed by atoms with Crippen molar-refractivity contribution in [3.05, 3.63) is 50.9 Å². The van der Waals surface area contributed by atoms with Crippen molar-refractivity contribution in [2.75, 3.05) is 13.6 Å². The van der Waals surface area contributed by atoms with Crippen molar-refractivity contribution in [1.29, 1.82) is 0 Å². The van der Waals surface area contributed by atoms with E-state index in [4.69, 9.17) is 11.6 Å². The molecule has 0 aliphatic carbocycles. The molecule has 24 heavy (non-hydrogen) atoms. The number of halogens is 2. The molecule has 132 valence electrons. The largest absolute Gasteiger partial charge is 0.356 e. The Balaban J connectivity index is 0.00000288. The van der Waals surface area contributed by atoms with E-state index in [1.54, 1.807) is 18.4 Å². The number of hydrogen-bond acceptors (Lipinski definition) is 3. The number of nitrogens with one attached hydrogen (secondary N) is 2. The summed E-state index contributed by atoms with van der Waals surface area (Å²) >= 11 is 7.73. The molecule has 0 radical (unpaired) electrons. The summed E-state index contributed by atoms with van der Waals surface area (Å²) in [4.78, 5) is 8.72. The quantitative estimate of drug-likeness (QED) is 0.268. The molecule has 7 heteroatoms. The molecule has 0 amide bonds. The topological polar surface area (TPSA) is 49.3 Å². The Morgan fingerprint density at radius 1 is 1.29 bits per heavy atom. The van der Waals surface area contributed by atoms with Gasteiger partial charge in [0.25, 0.3) is 0 Å². The summed E-state index contributed by atoms with van der Waals surface area (Å²) in [6, 6.07) is 7.83. The second kappa shape index (κ2) is 11.7. The fourth-order valence-electron chi connectivity index (χ4n) is 2.18. The Bertz CT molecular complexity index is 645. The molecular weight excluding hydrogens is 455 g/mol. The van der Waals surface area contributed by atoms with E-state index in [9.17, 15) is 0 Å². The van der Waals surface area contributed by atoms with Gasteiger partial charge in [-0.2, -0.15) is 0 Å². The van der Waals surface area contributed by atoms with Gasteiger partial charge in [-0.15, -0.1) is 35.3 Å². The van der Waals surface area contributed by atoms with Crippen LogP contribution in [0.25, 0.3) is 0 Å². The maximum absolute atomic E-state index is 5.99. The summed E-state index contributed by atoms with van der Waals surface area (Å²) in [5.41, 5.74) is 2.26. The average molecular weight is 479 g/mol. The number of benzene rings is 1. The molecule has 1 aromatic heterocycles. The highest BCUT2D eigenvalue weighted by Crippen LogP contribution is 2.11. The van der Waals surface area contributed by atoms with E-state index in [1.165, 1.54) is 5.01 Å². The molecule has 0 aliphatic heterocycles. The number of aliphatic imine (C=N–C) groups is 1. The molecular formula is C17H24ClIN4S. The molecule has 2 N–H and O–H groups in total. The summed E-state index contributed by atoms with van der Waals surface area (Å²) in [6.07, 6.45) is 3.27. The van der Waals surface area contributed by atoms with E-state index in [2.05, 4.69) is 26.0 Å². The second-order valence-corrected chi connectivity index (χ2v) is 6.70. The first-order valence-corrected chi connectivity index (χ1v) is 9.03. The summed E-state index contributed by atoms with van der Waals surface area (Å²) in [5, 5.41) is 10.7. The van der Waals surface area contributed by atoms with Crippen LogP contribution in [0.15, 0.2) is 34.6 Å². The molecule has 2 aromatic rings. The van der Waals surface area contributed by atoms with Gasteiger partial charge in [-0.3, -0.25) is 4.99 Å². The van der Waals surface area contributed by atoms with Crippen LogP contribution in [0.4, 0.5) is 0 Å². The molecule has 0 saturated carbocycles. The number of guanidine groups is 1. The predicted octanol–water partition coefficient (Wildman–Crippen LogP) is 4.41. The van der Waals surface area contributed by atoms with Gasteiger partial charge in [0.15, 0.2) is 5.96 Å². The highest BCUT2D eigenvalue weighted by Gasteiger charge is 2.01. The van der Waals surface area contributed by atoms with Crippen LogP contribution >= 0.6 is 46.9 Å². The Hall–Kier alpha value is -0.860. The molecule has 1 heterocycles. The minimum Gasteiger partial charge on any atom is -0.356 e. The Kier molecular flexibility index (Phi) is 10.3. The van der Waals surface area contributed by atoms with Gasteiger partial charge < -0.3 is 10.6 Å². The number of aromatic nitrogens is 1. The van der Waals surface area contributed by atoms with E-state index in [1.807, 2.05) is 31.2 Å². The smallest absolute Gasteiger partial charge is 0.191 e. The zero-order valence-electron chi connectivity index (χ0n) is 14.0. The summed E-state index contributed by atoms with van der Waals surface area (Å²) < 4.78 is 0. The molecule has 0 spiro atoms. The van der Waals surface area contributed by atoms with Crippen LogP contribution in [-0.2, 0) is 13.0 Å². The van der Waals surface area contributed by atoms with Crippen molar-refractivity contribution in [1.82, 2.24) is 15.6 Å². The molecule has 0 unspecified atom stereocenters. The summed E-state index contributed by atoms with van der Waals surface area (Å²) in [7, 11) is 1.78. The molecule has 2 rings (SSSR count). The molecule has 0 fully saturated rings. The highest BCUT2D eigenvalue weighted by molar-refractivity contribution is 14.0. The first-order valence-electron chi connectivity index (χ1n) is 7.77. The van der Waals surface area contributed by atoms with Crippen LogP contribution in [0.5, 0.6) is 0 Å². The van der Waals surface area contributed by atoms with Crippen molar-refractivity contribution >= 4 is 52.9 Å². The lowest BCUT2D eigenvalue weighted by Gasteiger charge is -2.12. The number of rotatable bonds is 7. The maximum atomic E-state index is 5.99. The van der Waals surface area contributed by atoms with Crippen LogP contribution in [-0.4, -0.2) is 24.5 Å². The third kappa shape index (κ3) is 7.81. The van der Waals surface area contributed by atoms with Crippen molar-refractivity contribution in [3.8, 4) is 0 Å². The van der Waals surface area contributed by atoms with Crippen LogP contribution in [0.1, 0.15) is 29.1 Å². The molecule has 0 aliphatic rings. The Morgan fingerprint density at radius 3 is 2.79 bits per heavy atom. The molecule has 4 nitrogen and oxygen atoms in total. The van der Waals surface area contributed by atoms with Crippen molar-refractivity contribution in [2.45, 2.75) is 32.7 Å². The lowest BCUT2D eigenvalue weighted by atomic mass is 10.2. The van der Waals surface area contributed by atoms with Gasteiger partial charge in [0, 0.05) is 36.2 Å². The van der Waals surface area contributed by atoms with E-state index < -0.39 is 0 Å². The fraction of sp³-hybridized carbons (Fsp3) is 0.412. The number of thiazole rings is 1. The molecule has 0 atom stereocenters. The van der Waals surface area contributed by atoms with Gasteiger partial charge in [0.05, 0.1) is 5.01 Å². The second-order valence-electron chi connectivity index (χ2n) is 5.32. The average Bonchev–Trinajstić information content (AvgIpc) is 2.95. The zero-order chi connectivity index (χ0) is 16.5. The predicted molar refractivity (Wildman–Crippen MR) is 115 cm³/mol. The minimum atomic E-state index is 0. The van der Waals surface area contributed by atoms with Gasteiger partial charge in [0.2, 0.25) is 0 Å². The number of hydrogen-bond donors (Lipinski definition) is 2. The van der Waals surface area contributed by atoms with E-state index >= 15 is 0 Å². The molecule has 0 saturated heterocycles. The van der Waals surface area contributed by atoms with Crippen molar-refractivity contribution in [3.63, 3.8) is 0 Å². The standard InChI is InChI=1S/C17H23ClN4S.HI/c1-13-12-23-16(22-13)8-3-4-9-20-17(19-2)21-11-14-6-5-7-15(18)10-14;/h5-7,10,12H,3-4,8-9,11H2,1-2H3,(H2,19,20,21);1H. The van der Waals surface area contributed by atoms with E-state index in [0.717, 1.165) is 48.0 Å². The minimum absolute atomic E-state index is 0. The van der Waals surface area contributed by atoms with Crippen molar-refractivity contribution < 1.29 is 0 Å². The Labute approximate surface area is 170 Å². The third-order valence-electron chi connectivity index (χ3n) is 3.35. The third-order valence-corrected chi connectivity index (χ3v) is 4.61. The van der Waals surface area contributed by atoms with Gasteiger partial charge in [-0.25, -0.2) is 4.98 Å². The zero-order valence-corrected chi connectivity index (χ0v) is 17.9. The van der Waals surface area contributed by atoms with Gasteiger partial charge in [-0.05, 0) is 43.9 Å². The Morgan fingerprint density at radius 2 is 2.12 bits per heavy atom. The van der Waals surface area contributed by atoms with E-state index in [0.29, 0.717) is 6.54 Å². The number of unbranched alkanes of at least 4 members (excludes halogenated alkanes) is 1. The lowest BCUT2D eigenvalue weighted by Crippen LogP contribution is -2.37. The van der Waals surface area contributed by atoms with Gasteiger partial charge in [0.1, 0.15) is 0 Å². The fourth-order valence-corrected chi connectivity index (χ4v) is 3.21. The van der Waals surface area contributed by atoms with Crippen LogP contribution in [0, 0.1) is 6.92 Å². The van der Waals surface area contributed by atoms with E-state index in [-0.39, 0.29) is 24.0 Å². The summed E-state index contributed by atoms with van der Waals surface area (Å²) in [6.45, 7) is 3.65. The highest BCUT2D eigenvalue weighted by atomic mass is 127. The van der Waals surface area contributed by atoms with Gasteiger partial charge >= 0.3 is 0 Å². The number of aryl methyl sites for hydroxylation is 2. The maximum Gasteiger partial charge on any atom is 0.191 e. The molecule has 1 aromatic carbocycles. The van der Waals surface area contributed by atoms with Crippen LogP contribution < -0.4 is 10.6 Å². The molecule has 0 bridgehead atoms. The SMILES string of the molecule is CN=C(NCCCCc1nc(C)cs1)NCc1cccc(Cl)c1.I.